The average molecular weight is 719 g/mol. The summed E-state index contributed by atoms with van der Waals surface area (Å²) in [4.78, 5) is 39.1. The van der Waals surface area contributed by atoms with Crippen LogP contribution >= 0.6 is 0 Å². The second kappa shape index (κ2) is 19.2. The first kappa shape index (κ1) is 40.0. The molecule has 2 atom stereocenters. The van der Waals surface area contributed by atoms with Crippen LogP contribution in [0.25, 0.3) is 0 Å². The molecule has 2 unspecified atom stereocenters. The number of carbonyl (C=O) groups excluding carboxylic acids is 3. The van der Waals surface area contributed by atoms with Gasteiger partial charge in [0.05, 0.1) is 25.2 Å². The van der Waals surface area contributed by atoms with E-state index in [1.165, 1.54) is 62.5 Å². The normalized spacial score (nSPS) is 20.9. The van der Waals surface area contributed by atoms with Gasteiger partial charge >= 0.3 is 17.9 Å². The van der Waals surface area contributed by atoms with E-state index in [9.17, 15) is 14.4 Å². The summed E-state index contributed by atoms with van der Waals surface area (Å²) in [6.07, 6.45) is 18.1. The fourth-order valence-corrected chi connectivity index (χ4v) is 9.12. The molecule has 3 fully saturated rings. The van der Waals surface area contributed by atoms with Gasteiger partial charge in [0, 0.05) is 51.4 Å². The van der Waals surface area contributed by atoms with Crippen molar-refractivity contribution >= 4 is 17.9 Å². The van der Waals surface area contributed by atoms with E-state index in [1.807, 2.05) is 81.4 Å². The number of hydrogen-bond acceptors (Lipinski definition) is 7. The predicted octanol–water partition coefficient (Wildman–Crippen LogP) is 9.32. The van der Waals surface area contributed by atoms with Crippen molar-refractivity contribution in [1.29, 1.82) is 0 Å². The molecule has 286 valence electrons. The molecular formula is C44H64NO7+. The Kier molecular flexibility index (Phi) is 14.8. The lowest BCUT2D eigenvalue weighted by molar-refractivity contribution is -0.956. The minimum absolute atomic E-state index is 0.103. The van der Waals surface area contributed by atoms with Gasteiger partial charge < -0.3 is 23.4 Å². The molecule has 52 heavy (non-hydrogen) atoms. The molecule has 0 N–H and O–H groups in total. The lowest BCUT2D eigenvalue weighted by Gasteiger charge is -2.47. The highest BCUT2D eigenvalue weighted by Gasteiger charge is 2.57. The molecule has 0 amide bonds. The summed E-state index contributed by atoms with van der Waals surface area (Å²) in [6.45, 7) is 7.90. The quantitative estimate of drug-likeness (QED) is 0.0443. The molecule has 2 aromatic rings. The topological polar surface area (TPSA) is 88.1 Å². The van der Waals surface area contributed by atoms with Crippen molar-refractivity contribution in [3.63, 3.8) is 0 Å². The van der Waals surface area contributed by atoms with E-state index >= 15 is 0 Å². The summed E-state index contributed by atoms with van der Waals surface area (Å²) in [5, 5.41) is 0. The van der Waals surface area contributed by atoms with Gasteiger partial charge in [-0.1, -0.05) is 112 Å². The van der Waals surface area contributed by atoms with Crippen molar-refractivity contribution in [2.45, 2.75) is 166 Å². The predicted molar refractivity (Wildman–Crippen MR) is 202 cm³/mol. The highest BCUT2D eigenvalue weighted by Crippen LogP contribution is 2.47. The number of carbonyl (C=O) groups is 3. The van der Waals surface area contributed by atoms with Gasteiger partial charge in [-0.2, -0.15) is 0 Å². The minimum atomic E-state index is -1.56. The van der Waals surface area contributed by atoms with E-state index in [1.54, 1.807) is 0 Å². The smallest absolute Gasteiger partial charge is 0.348 e. The highest BCUT2D eigenvalue weighted by atomic mass is 16.7. The number of unbranched alkanes of at least 4 members (excludes halogenated alkanes) is 9. The molecule has 0 saturated carbocycles. The number of ether oxygens (including phenoxy) is 4. The van der Waals surface area contributed by atoms with Crippen LogP contribution in [-0.4, -0.2) is 66.1 Å². The van der Waals surface area contributed by atoms with Crippen LogP contribution < -0.4 is 0 Å². The Bertz CT molecular complexity index is 1340. The van der Waals surface area contributed by atoms with Crippen molar-refractivity contribution in [3.05, 3.63) is 71.8 Å². The second-order valence-electron chi connectivity index (χ2n) is 16.5. The van der Waals surface area contributed by atoms with E-state index in [0.717, 1.165) is 57.8 Å². The van der Waals surface area contributed by atoms with Crippen LogP contribution in [0.5, 0.6) is 0 Å². The van der Waals surface area contributed by atoms with Crippen molar-refractivity contribution in [2.75, 3.05) is 19.9 Å². The Morgan fingerprint density at radius 3 is 1.60 bits per heavy atom. The monoisotopic (exact) mass is 718 g/mol. The average Bonchev–Trinajstić information content (AvgIpc) is 3.67. The lowest BCUT2D eigenvalue weighted by Crippen LogP contribution is -2.60. The van der Waals surface area contributed by atoms with Crippen LogP contribution in [0, 0.1) is 0 Å². The minimum Gasteiger partial charge on any atom is -0.460 e. The molecule has 3 aliphatic rings. The van der Waals surface area contributed by atoms with Gasteiger partial charge in [-0.25, -0.2) is 4.79 Å². The Hall–Kier alpha value is -3.23. The summed E-state index contributed by atoms with van der Waals surface area (Å²) in [7, 11) is 0. The third-order valence-corrected chi connectivity index (χ3v) is 11.6. The highest BCUT2D eigenvalue weighted by molar-refractivity contribution is 5.86. The molecule has 0 radical (unpaired) electrons. The third-order valence-electron chi connectivity index (χ3n) is 11.6. The molecule has 0 aliphatic carbocycles. The molecule has 3 heterocycles. The Morgan fingerprint density at radius 2 is 1.12 bits per heavy atom. The van der Waals surface area contributed by atoms with Crippen molar-refractivity contribution < 1.29 is 37.8 Å². The molecule has 5 rings (SSSR count). The Balaban J connectivity index is 1.05. The van der Waals surface area contributed by atoms with E-state index < -0.39 is 17.2 Å². The number of hydrogen-bond donors (Lipinski definition) is 0. The summed E-state index contributed by atoms with van der Waals surface area (Å²) < 4.78 is 25.1. The van der Waals surface area contributed by atoms with Crippen LogP contribution in [0.4, 0.5) is 0 Å². The maximum atomic E-state index is 14.5. The molecule has 3 aliphatic heterocycles. The molecule has 2 bridgehead atoms. The summed E-state index contributed by atoms with van der Waals surface area (Å²) >= 11 is 0. The largest absolute Gasteiger partial charge is 0.460 e. The molecule has 3 saturated heterocycles. The van der Waals surface area contributed by atoms with Gasteiger partial charge in [0.2, 0.25) is 5.60 Å². The third kappa shape index (κ3) is 10.7. The number of nitrogens with zero attached hydrogens (tertiary/aromatic N) is 1. The fourth-order valence-electron chi connectivity index (χ4n) is 9.12. The maximum absolute atomic E-state index is 14.5. The zero-order chi connectivity index (χ0) is 36.9. The van der Waals surface area contributed by atoms with Gasteiger partial charge in [-0.15, -0.1) is 0 Å². The summed E-state index contributed by atoms with van der Waals surface area (Å²) in [5.74, 6) is -0.868. The first-order chi connectivity index (χ1) is 25.1. The number of rotatable bonds is 20. The van der Waals surface area contributed by atoms with E-state index in [4.69, 9.17) is 18.9 Å². The molecule has 8 heteroatoms. The number of piperidine rings is 1. The van der Waals surface area contributed by atoms with Gasteiger partial charge in [0.15, 0.2) is 6.79 Å². The van der Waals surface area contributed by atoms with Gasteiger partial charge in [0.1, 0.15) is 11.7 Å². The van der Waals surface area contributed by atoms with E-state index in [2.05, 4.69) is 0 Å². The number of esters is 3. The van der Waals surface area contributed by atoms with Gasteiger partial charge in [-0.05, 0) is 44.7 Å². The second-order valence-corrected chi connectivity index (χ2v) is 16.5. The summed E-state index contributed by atoms with van der Waals surface area (Å²) in [6, 6.07) is 20.1. The van der Waals surface area contributed by atoms with Crippen LogP contribution in [0.1, 0.15) is 147 Å². The maximum Gasteiger partial charge on any atom is 0.348 e. The van der Waals surface area contributed by atoms with Crippen LogP contribution in [0.3, 0.4) is 0 Å². The van der Waals surface area contributed by atoms with Crippen molar-refractivity contribution in [1.82, 2.24) is 0 Å². The standard InChI is InChI=1S/C44H64NO7/c1-43(2,3)52-41(47)27-19-11-9-7-5-4-6-8-10-18-26-40(46)49-34-50-44(35-22-14-12-15-23-35,36-24-16-13-17-25-36)42(48)51-39-32-37-28-29-38(33-39)45(37)30-20-21-31-45/h12-17,22-25,37-39H,4-11,18-21,26-34H2,1-3H3/q+1. The van der Waals surface area contributed by atoms with Gasteiger partial charge in [-0.3, -0.25) is 9.59 Å². The van der Waals surface area contributed by atoms with Crippen molar-refractivity contribution in [2.24, 2.45) is 0 Å². The number of benzene rings is 2. The Labute approximate surface area is 312 Å². The summed E-state index contributed by atoms with van der Waals surface area (Å²) in [5.41, 5.74) is -0.653. The molecule has 0 aromatic heterocycles. The number of quaternary nitrogens is 1. The van der Waals surface area contributed by atoms with Crippen LogP contribution in [0.15, 0.2) is 60.7 Å². The van der Waals surface area contributed by atoms with Gasteiger partial charge in [0.25, 0.3) is 0 Å². The fraction of sp³-hybridized carbons (Fsp3) is 0.659. The first-order valence-electron chi connectivity index (χ1n) is 20.3. The van der Waals surface area contributed by atoms with E-state index in [0.29, 0.717) is 36.1 Å². The molecule has 2 aromatic carbocycles. The zero-order valence-electron chi connectivity index (χ0n) is 32.2. The molecular weight excluding hydrogens is 654 g/mol. The molecule has 1 spiro atoms. The Morgan fingerprint density at radius 1 is 0.654 bits per heavy atom. The van der Waals surface area contributed by atoms with E-state index in [-0.39, 0.29) is 24.8 Å². The van der Waals surface area contributed by atoms with Crippen LogP contribution in [0.2, 0.25) is 0 Å². The van der Waals surface area contributed by atoms with Crippen molar-refractivity contribution in [3.8, 4) is 0 Å². The first-order valence-corrected chi connectivity index (χ1v) is 20.3. The van der Waals surface area contributed by atoms with Crippen LogP contribution in [-0.2, 0) is 38.9 Å². The lowest BCUT2D eigenvalue weighted by atomic mass is 9.85. The SMILES string of the molecule is CC(C)(C)OC(=O)CCCCCCCCCCCCC(=O)OCOC(C(=O)OC1CC2CCC(C1)[N+]21CCCC1)(c1ccccc1)c1ccccc1. The zero-order valence-corrected chi connectivity index (χ0v) is 32.2. The molecule has 8 nitrogen and oxygen atoms in total.